The van der Waals surface area contributed by atoms with Gasteiger partial charge in [-0.05, 0) is 26.7 Å². The Morgan fingerprint density at radius 3 is 2.29 bits per heavy atom. The number of nitrogens with zero attached hydrogens (tertiary/aromatic N) is 1. The highest BCUT2D eigenvalue weighted by atomic mass is 19.3. The highest BCUT2D eigenvalue weighted by Crippen LogP contribution is 2.37. The third-order valence-electron chi connectivity index (χ3n) is 3.69. The number of carbonyl (C=O) groups excluding carboxylic acids is 1. The Morgan fingerprint density at radius 1 is 1.41 bits per heavy atom. The fourth-order valence-electron chi connectivity index (χ4n) is 1.97. The zero-order valence-electron chi connectivity index (χ0n) is 10.7. The number of halogens is 2. The summed E-state index contributed by atoms with van der Waals surface area (Å²) in [6.07, 6.45) is 0.0446. The first-order valence-corrected chi connectivity index (χ1v) is 5.96. The summed E-state index contributed by atoms with van der Waals surface area (Å²) in [5, 5.41) is 9.18. The molecule has 0 bridgehead atoms. The van der Waals surface area contributed by atoms with E-state index >= 15 is 0 Å². The molecule has 0 heterocycles. The Morgan fingerprint density at radius 2 is 1.88 bits per heavy atom. The van der Waals surface area contributed by atoms with Crippen LogP contribution in [0, 0.1) is 5.92 Å². The molecule has 0 aromatic carbocycles. The minimum absolute atomic E-state index is 0.139. The number of likely N-dealkylation sites (N-methyl/N-ethyl adjacent to an activating group) is 1. The van der Waals surface area contributed by atoms with Crippen molar-refractivity contribution < 1.29 is 18.7 Å². The highest BCUT2D eigenvalue weighted by Gasteiger charge is 2.40. The lowest BCUT2D eigenvalue weighted by molar-refractivity contribution is -0.144. The van der Waals surface area contributed by atoms with Gasteiger partial charge in [0.1, 0.15) is 0 Å². The molecular formula is C12H21F2NO2. The predicted molar refractivity (Wildman–Crippen MR) is 60.8 cm³/mol. The van der Waals surface area contributed by atoms with E-state index in [9.17, 15) is 18.7 Å². The van der Waals surface area contributed by atoms with Gasteiger partial charge in [0.2, 0.25) is 11.8 Å². The fourth-order valence-corrected chi connectivity index (χ4v) is 1.97. The monoisotopic (exact) mass is 249 g/mol. The van der Waals surface area contributed by atoms with Crippen molar-refractivity contribution in [3.63, 3.8) is 0 Å². The van der Waals surface area contributed by atoms with Gasteiger partial charge in [0.25, 0.3) is 0 Å². The summed E-state index contributed by atoms with van der Waals surface area (Å²) in [4.78, 5) is 13.6. The molecule has 0 radical (unpaired) electrons. The summed E-state index contributed by atoms with van der Waals surface area (Å²) >= 11 is 0. The first-order chi connectivity index (χ1) is 7.69. The van der Waals surface area contributed by atoms with E-state index in [0.717, 1.165) is 0 Å². The van der Waals surface area contributed by atoms with Crippen LogP contribution in [0.4, 0.5) is 8.78 Å². The van der Waals surface area contributed by atoms with Crippen LogP contribution in [-0.4, -0.2) is 41.0 Å². The molecule has 100 valence electrons. The number of aliphatic hydroxyl groups is 1. The van der Waals surface area contributed by atoms with Gasteiger partial charge in [-0.2, -0.15) is 0 Å². The van der Waals surface area contributed by atoms with Crippen molar-refractivity contribution in [2.75, 3.05) is 13.7 Å². The third-order valence-corrected chi connectivity index (χ3v) is 3.69. The maximum absolute atomic E-state index is 13.0. The van der Waals surface area contributed by atoms with Crippen molar-refractivity contribution in [3.8, 4) is 0 Å². The second kappa shape index (κ2) is 4.88. The average Bonchev–Trinajstić information content (AvgIpc) is 2.27. The first-order valence-electron chi connectivity index (χ1n) is 5.96. The maximum Gasteiger partial charge on any atom is 0.248 e. The van der Waals surface area contributed by atoms with Crippen molar-refractivity contribution in [1.29, 1.82) is 0 Å². The average molecular weight is 249 g/mol. The summed E-state index contributed by atoms with van der Waals surface area (Å²) in [5.74, 6) is -3.08. The van der Waals surface area contributed by atoms with E-state index in [-0.39, 0.29) is 44.1 Å². The molecule has 0 saturated heterocycles. The van der Waals surface area contributed by atoms with Gasteiger partial charge in [-0.3, -0.25) is 4.79 Å². The molecule has 1 aliphatic rings. The molecule has 0 aromatic heterocycles. The summed E-state index contributed by atoms with van der Waals surface area (Å²) in [5.41, 5.74) is -0.642. The smallest absolute Gasteiger partial charge is 0.248 e. The molecule has 0 spiro atoms. The zero-order valence-corrected chi connectivity index (χ0v) is 10.7. The van der Waals surface area contributed by atoms with Crippen LogP contribution in [0.5, 0.6) is 0 Å². The van der Waals surface area contributed by atoms with E-state index in [0.29, 0.717) is 0 Å². The summed E-state index contributed by atoms with van der Waals surface area (Å²) in [7, 11) is 1.62. The highest BCUT2D eigenvalue weighted by molar-refractivity contribution is 5.79. The van der Waals surface area contributed by atoms with Gasteiger partial charge in [0.05, 0.1) is 12.1 Å². The minimum atomic E-state index is -2.61. The number of carbonyl (C=O) groups is 1. The molecule has 0 aromatic rings. The Bertz CT molecular complexity index is 282. The van der Waals surface area contributed by atoms with Crippen molar-refractivity contribution in [2.45, 2.75) is 51.0 Å². The lowest BCUT2D eigenvalue weighted by Gasteiger charge is -2.38. The van der Waals surface area contributed by atoms with Crippen molar-refractivity contribution in [1.82, 2.24) is 4.90 Å². The van der Waals surface area contributed by atoms with E-state index in [1.54, 1.807) is 20.9 Å². The Kier molecular flexibility index (Phi) is 4.12. The number of amides is 1. The third kappa shape index (κ3) is 3.37. The van der Waals surface area contributed by atoms with Crippen molar-refractivity contribution in [2.24, 2.45) is 5.92 Å². The van der Waals surface area contributed by atoms with Crippen LogP contribution in [0.1, 0.15) is 39.5 Å². The lowest BCUT2D eigenvalue weighted by Crippen LogP contribution is -2.50. The normalized spacial score (nSPS) is 21.3. The predicted octanol–water partition coefficient (Wildman–Crippen LogP) is 2.04. The Balaban J connectivity index is 2.60. The molecule has 0 unspecified atom stereocenters. The molecule has 1 rings (SSSR count). The van der Waals surface area contributed by atoms with E-state index in [2.05, 4.69) is 0 Å². The topological polar surface area (TPSA) is 40.5 Å². The van der Waals surface area contributed by atoms with Crippen molar-refractivity contribution in [3.05, 3.63) is 0 Å². The van der Waals surface area contributed by atoms with Gasteiger partial charge in [0, 0.05) is 25.8 Å². The molecule has 1 saturated carbocycles. The molecule has 0 atom stereocenters. The van der Waals surface area contributed by atoms with Crippen LogP contribution in [0.2, 0.25) is 0 Å². The van der Waals surface area contributed by atoms with Crippen LogP contribution in [-0.2, 0) is 4.79 Å². The number of hydrogen-bond acceptors (Lipinski definition) is 2. The summed E-state index contributed by atoms with van der Waals surface area (Å²) < 4.78 is 26.0. The van der Waals surface area contributed by atoms with E-state index in [1.807, 2.05) is 0 Å². The summed E-state index contributed by atoms with van der Waals surface area (Å²) in [6, 6.07) is 0. The van der Waals surface area contributed by atoms with E-state index in [4.69, 9.17) is 0 Å². The van der Waals surface area contributed by atoms with Gasteiger partial charge in [-0.15, -0.1) is 0 Å². The van der Waals surface area contributed by atoms with E-state index in [1.165, 1.54) is 4.90 Å². The van der Waals surface area contributed by atoms with Gasteiger partial charge in [0.15, 0.2) is 0 Å². The second-order valence-corrected chi connectivity index (χ2v) is 5.50. The number of aliphatic hydroxyl groups excluding tert-OH is 1. The van der Waals surface area contributed by atoms with Crippen LogP contribution < -0.4 is 0 Å². The molecule has 1 amide bonds. The molecule has 1 fully saturated rings. The zero-order chi connectivity index (χ0) is 13.3. The van der Waals surface area contributed by atoms with Crippen LogP contribution in [0.15, 0.2) is 0 Å². The summed E-state index contributed by atoms with van der Waals surface area (Å²) in [6.45, 7) is 3.36. The number of alkyl halides is 2. The van der Waals surface area contributed by atoms with Gasteiger partial charge < -0.3 is 10.0 Å². The van der Waals surface area contributed by atoms with Crippen LogP contribution in [0.25, 0.3) is 0 Å². The fraction of sp³-hybridized carbons (Fsp3) is 0.917. The molecule has 0 aliphatic heterocycles. The van der Waals surface area contributed by atoms with Crippen molar-refractivity contribution >= 4 is 5.91 Å². The lowest BCUT2D eigenvalue weighted by atomic mass is 9.85. The molecule has 1 aliphatic carbocycles. The van der Waals surface area contributed by atoms with Crippen LogP contribution >= 0.6 is 0 Å². The maximum atomic E-state index is 13.0. The SMILES string of the molecule is CN(C(=O)C1CCC(F)(F)CC1)C(C)(C)CO. The molecule has 3 nitrogen and oxygen atoms in total. The minimum Gasteiger partial charge on any atom is -0.394 e. The molecule has 17 heavy (non-hydrogen) atoms. The number of hydrogen-bond donors (Lipinski definition) is 1. The standard InChI is InChI=1S/C12H21F2NO2/c1-11(2,8-16)15(3)10(17)9-4-6-12(13,14)7-5-9/h9,16H,4-8H2,1-3H3. The Labute approximate surface area is 101 Å². The largest absolute Gasteiger partial charge is 0.394 e. The van der Waals surface area contributed by atoms with Gasteiger partial charge >= 0.3 is 0 Å². The molecule has 1 N–H and O–H groups in total. The van der Waals surface area contributed by atoms with E-state index < -0.39 is 11.5 Å². The molecular weight excluding hydrogens is 228 g/mol. The van der Waals surface area contributed by atoms with Gasteiger partial charge in [-0.25, -0.2) is 8.78 Å². The number of rotatable bonds is 3. The quantitative estimate of drug-likeness (QED) is 0.831. The first kappa shape index (κ1) is 14.4. The Hall–Kier alpha value is -0.710. The second-order valence-electron chi connectivity index (χ2n) is 5.50. The molecule has 5 heteroatoms. The van der Waals surface area contributed by atoms with Gasteiger partial charge in [-0.1, -0.05) is 0 Å². The van der Waals surface area contributed by atoms with Crippen LogP contribution in [0.3, 0.4) is 0 Å².